The van der Waals surface area contributed by atoms with Crippen molar-refractivity contribution in [1.29, 1.82) is 0 Å². The van der Waals surface area contributed by atoms with E-state index in [9.17, 15) is 9.18 Å². The van der Waals surface area contributed by atoms with Crippen LogP contribution in [0.15, 0.2) is 80.4 Å². The first-order chi connectivity index (χ1) is 17.6. The van der Waals surface area contributed by atoms with E-state index in [1.807, 2.05) is 18.2 Å². The van der Waals surface area contributed by atoms with Gasteiger partial charge in [-0.3, -0.25) is 9.36 Å². The highest BCUT2D eigenvalue weighted by molar-refractivity contribution is 7.07. The summed E-state index contributed by atoms with van der Waals surface area (Å²) in [6.45, 7) is 5.85. The summed E-state index contributed by atoms with van der Waals surface area (Å²) in [7, 11) is 0. The van der Waals surface area contributed by atoms with Crippen LogP contribution in [0.5, 0.6) is 0 Å². The molecule has 1 atom stereocenters. The van der Waals surface area contributed by atoms with Gasteiger partial charge >= 0.3 is 0 Å². The molecule has 0 unspecified atom stereocenters. The zero-order valence-corrected chi connectivity index (χ0v) is 21.0. The fraction of sp³-hybridized carbons (Fsp3) is 0.241. The molecule has 1 aliphatic heterocycles. The Kier molecular flexibility index (Phi) is 5.72. The molecule has 0 N–H and O–H groups in total. The van der Waals surface area contributed by atoms with Crippen molar-refractivity contribution in [2.45, 2.75) is 32.7 Å². The normalized spacial score (nSPS) is 16.9. The molecule has 0 bridgehead atoms. The largest absolute Gasteiger partial charge is 0.441 e. The zero-order chi connectivity index (χ0) is 24.8. The predicted molar refractivity (Wildman–Crippen MR) is 141 cm³/mol. The number of hydrogen-bond donors (Lipinski definition) is 0. The van der Waals surface area contributed by atoms with Gasteiger partial charge in [0.25, 0.3) is 5.56 Å². The Morgan fingerprint density at radius 3 is 2.64 bits per heavy atom. The number of hydrogen-bond acceptors (Lipinski definition) is 5. The van der Waals surface area contributed by atoms with Crippen LogP contribution in [0.3, 0.4) is 0 Å². The van der Waals surface area contributed by atoms with E-state index in [0.29, 0.717) is 15.1 Å². The van der Waals surface area contributed by atoms with Crippen LogP contribution in [0.25, 0.3) is 11.8 Å². The van der Waals surface area contributed by atoms with Crippen LogP contribution in [0.4, 0.5) is 10.3 Å². The Balaban J connectivity index is 1.54. The average Bonchev–Trinajstić information content (AvgIpc) is 3.48. The van der Waals surface area contributed by atoms with E-state index in [1.54, 1.807) is 22.8 Å². The highest BCUT2D eigenvalue weighted by Crippen LogP contribution is 2.41. The quantitative estimate of drug-likeness (QED) is 0.393. The van der Waals surface area contributed by atoms with E-state index in [0.717, 1.165) is 54.2 Å². The van der Waals surface area contributed by atoms with Gasteiger partial charge in [0.2, 0.25) is 0 Å². The van der Waals surface area contributed by atoms with Crippen molar-refractivity contribution < 1.29 is 8.81 Å². The summed E-state index contributed by atoms with van der Waals surface area (Å²) < 4.78 is 22.2. The number of rotatable bonds is 5. The monoisotopic (exact) mass is 499 g/mol. The SMILES string of the molecule is CCN(CC)c1ccc(/C=c2\sc3n(c2=O)[C@@H](c2ccc(F)cc2)C2=C(N=3)c3ccccc3CC2)o1. The fourth-order valence-electron chi connectivity index (χ4n) is 5.22. The molecule has 6 rings (SSSR count). The lowest BCUT2D eigenvalue weighted by Crippen LogP contribution is -2.38. The lowest BCUT2D eigenvalue weighted by Gasteiger charge is -2.30. The molecule has 2 aliphatic rings. The number of benzene rings is 2. The van der Waals surface area contributed by atoms with Gasteiger partial charge in [0.1, 0.15) is 11.6 Å². The van der Waals surface area contributed by atoms with E-state index < -0.39 is 0 Å². The number of furan rings is 1. The smallest absolute Gasteiger partial charge is 0.271 e. The maximum atomic E-state index is 13.8. The molecule has 2 aromatic carbocycles. The molecule has 36 heavy (non-hydrogen) atoms. The molecule has 2 aromatic heterocycles. The lowest BCUT2D eigenvalue weighted by atomic mass is 9.83. The van der Waals surface area contributed by atoms with Crippen molar-refractivity contribution in [3.8, 4) is 0 Å². The van der Waals surface area contributed by atoms with Crippen LogP contribution < -0.4 is 19.8 Å². The number of allylic oxidation sites excluding steroid dienone is 1. The number of nitrogens with zero attached hydrogens (tertiary/aromatic N) is 3. The van der Waals surface area contributed by atoms with Crippen LogP contribution in [0.2, 0.25) is 0 Å². The molecular formula is C29H26FN3O2S. The standard InChI is InChI=1S/C29H26FN3O2S/c1-3-32(4-2)25-16-14-21(35-25)17-24-28(34)33-27(19-9-12-20(30)13-10-19)23-15-11-18-7-5-6-8-22(18)26(23)31-29(33)36-24/h5-10,12-14,16-17,27H,3-4,11,15H2,1-2H3/b24-17-/t27-/m0/s1. The molecule has 7 heteroatoms. The highest BCUT2D eigenvalue weighted by atomic mass is 32.1. The fourth-order valence-corrected chi connectivity index (χ4v) is 6.20. The van der Waals surface area contributed by atoms with Crippen LogP contribution in [0, 0.1) is 5.82 Å². The Hall–Kier alpha value is -3.71. The molecule has 0 radical (unpaired) electrons. The second kappa shape index (κ2) is 9.06. The second-order valence-corrected chi connectivity index (χ2v) is 10.0. The summed E-state index contributed by atoms with van der Waals surface area (Å²) in [5.41, 5.74) is 5.17. The van der Waals surface area contributed by atoms with Crippen molar-refractivity contribution in [2.24, 2.45) is 4.99 Å². The van der Waals surface area contributed by atoms with Crippen molar-refractivity contribution in [2.75, 3.05) is 18.0 Å². The van der Waals surface area contributed by atoms with Crippen LogP contribution in [-0.2, 0) is 6.42 Å². The van der Waals surface area contributed by atoms with Crippen molar-refractivity contribution in [1.82, 2.24) is 4.57 Å². The maximum Gasteiger partial charge on any atom is 0.271 e. The van der Waals surface area contributed by atoms with Crippen LogP contribution in [0.1, 0.15) is 48.8 Å². The van der Waals surface area contributed by atoms with Crippen molar-refractivity contribution >= 4 is 29.0 Å². The molecule has 1 aliphatic carbocycles. The molecule has 0 amide bonds. The number of aryl methyl sites for hydroxylation is 1. The van der Waals surface area contributed by atoms with Crippen molar-refractivity contribution in [3.05, 3.63) is 114 Å². The third-order valence-corrected chi connectivity index (χ3v) is 8.00. The third-order valence-electron chi connectivity index (χ3n) is 7.02. The summed E-state index contributed by atoms with van der Waals surface area (Å²) in [6, 6.07) is 18.3. The minimum atomic E-state index is -0.324. The van der Waals surface area contributed by atoms with Gasteiger partial charge in [-0.25, -0.2) is 9.38 Å². The number of anilines is 1. The van der Waals surface area contributed by atoms with E-state index in [-0.39, 0.29) is 17.4 Å². The first-order valence-corrected chi connectivity index (χ1v) is 13.1. The van der Waals surface area contributed by atoms with Gasteiger partial charge in [0.15, 0.2) is 10.7 Å². The maximum absolute atomic E-state index is 13.8. The molecular weight excluding hydrogens is 473 g/mol. The summed E-state index contributed by atoms with van der Waals surface area (Å²) in [6.07, 6.45) is 3.48. The van der Waals surface area contributed by atoms with Crippen LogP contribution in [-0.4, -0.2) is 17.7 Å². The first-order valence-electron chi connectivity index (χ1n) is 12.3. The van der Waals surface area contributed by atoms with Gasteiger partial charge in [-0.1, -0.05) is 47.7 Å². The minimum Gasteiger partial charge on any atom is -0.441 e. The molecule has 0 fully saturated rings. The highest BCUT2D eigenvalue weighted by Gasteiger charge is 2.32. The van der Waals surface area contributed by atoms with E-state index in [2.05, 4.69) is 36.9 Å². The van der Waals surface area contributed by atoms with Gasteiger partial charge in [0, 0.05) is 30.8 Å². The molecule has 5 nitrogen and oxygen atoms in total. The summed E-state index contributed by atoms with van der Waals surface area (Å²) in [4.78, 5) is 21.6. The Bertz CT molecular complexity index is 1660. The molecule has 182 valence electrons. The van der Waals surface area contributed by atoms with Crippen molar-refractivity contribution in [3.63, 3.8) is 0 Å². The Morgan fingerprint density at radius 2 is 1.86 bits per heavy atom. The first kappa shape index (κ1) is 22.7. The summed E-state index contributed by atoms with van der Waals surface area (Å²) in [5.74, 6) is 1.13. The predicted octanol–water partition coefficient (Wildman–Crippen LogP) is 4.90. The third kappa shape index (κ3) is 3.75. The second-order valence-electron chi connectivity index (χ2n) is 9.01. The van der Waals surface area contributed by atoms with Gasteiger partial charge in [-0.15, -0.1) is 0 Å². The molecule has 3 heterocycles. The molecule has 0 saturated carbocycles. The zero-order valence-electron chi connectivity index (χ0n) is 20.2. The number of aromatic nitrogens is 1. The topological polar surface area (TPSA) is 50.7 Å². The molecule has 0 saturated heterocycles. The average molecular weight is 500 g/mol. The summed E-state index contributed by atoms with van der Waals surface area (Å²) in [5, 5.41) is 0. The molecule has 4 aromatic rings. The van der Waals surface area contributed by atoms with Gasteiger partial charge < -0.3 is 9.32 Å². The number of halogens is 1. The summed E-state index contributed by atoms with van der Waals surface area (Å²) >= 11 is 1.36. The van der Waals surface area contributed by atoms with E-state index in [4.69, 9.17) is 9.41 Å². The Labute approximate surface area is 212 Å². The number of thiazole rings is 1. The van der Waals surface area contributed by atoms with Gasteiger partial charge in [0.05, 0.1) is 16.3 Å². The number of fused-ring (bicyclic) bond motifs is 3. The minimum absolute atomic E-state index is 0.112. The van der Waals surface area contributed by atoms with Gasteiger partial charge in [-0.2, -0.15) is 0 Å². The van der Waals surface area contributed by atoms with Gasteiger partial charge in [-0.05, 0) is 61.6 Å². The molecule has 0 spiro atoms. The lowest BCUT2D eigenvalue weighted by molar-refractivity contribution is 0.541. The van der Waals surface area contributed by atoms with Crippen LogP contribution >= 0.6 is 11.3 Å². The Morgan fingerprint density at radius 1 is 1.08 bits per heavy atom. The van der Waals surface area contributed by atoms with E-state index in [1.165, 1.54) is 29.0 Å². The van der Waals surface area contributed by atoms with E-state index >= 15 is 0 Å².